The molecular weight excluding hydrogens is 196 g/mol. The number of halogens is 1. The number of carbonyl (C=O) groups is 2. The first-order valence-electron chi connectivity index (χ1n) is 3.29. The van der Waals surface area contributed by atoms with Crippen molar-refractivity contribution in [3.05, 3.63) is 0 Å². The Kier molecular flexibility index (Phi) is 7.02. The van der Waals surface area contributed by atoms with Crippen LogP contribution >= 0.6 is 12.4 Å². The minimum atomic E-state index is -0.551. The molecule has 0 aromatic heterocycles. The summed E-state index contributed by atoms with van der Waals surface area (Å²) in [7, 11) is 6.12. The average molecular weight is 209 g/mol. The fourth-order valence-electron chi connectivity index (χ4n) is 0.264. The van der Waals surface area contributed by atoms with Crippen molar-refractivity contribution in [1.29, 1.82) is 0 Å². The first-order valence-corrected chi connectivity index (χ1v) is 3.29. The van der Waals surface area contributed by atoms with Gasteiger partial charge in [0.15, 0.2) is 0 Å². The van der Waals surface area contributed by atoms with E-state index in [9.17, 15) is 9.59 Å². The fraction of sp³-hybridized carbons (Fsp3) is 0.667. The Morgan fingerprint density at radius 3 is 1.23 bits per heavy atom. The Bertz CT molecular complexity index is 193. The number of hydrogen-bond acceptors (Lipinski definition) is 2. The van der Waals surface area contributed by atoms with Gasteiger partial charge in [-0.2, -0.15) is 0 Å². The molecule has 0 aliphatic rings. The molecule has 0 N–H and O–H groups in total. The van der Waals surface area contributed by atoms with Crippen LogP contribution in [0.1, 0.15) is 0 Å². The molecule has 7 heteroatoms. The van der Waals surface area contributed by atoms with E-state index in [2.05, 4.69) is 10.2 Å². The molecule has 0 radical (unpaired) electrons. The van der Waals surface area contributed by atoms with Gasteiger partial charge in [-0.05, 0) is 0 Å². The maximum Gasteiger partial charge on any atom is 0.361 e. The smallest absolute Gasteiger partial charge is 0.328 e. The third-order valence-electron chi connectivity index (χ3n) is 0.986. The molecule has 0 aliphatic heterocycles. The topological polar surface area (TPSA) is 65.3 Å². The standard InChI is InChI=1S/C6H12N4O2.ClH/c1-9(2)5(11)7-8-6(12)10(3)4;/h1-4H3;1H. The van der Waals surface area contributed by atoms with Gasteiger partial charge in [-0.1, -0.05) is 10.2 Å². The molecule has 0 aliphatic carbocycles. The number of urea groups is 2. The van der Waals surface area contributed by atoms with Crippen LogP contribution in [0.4, 0.5) is 9.59 Å². The molecule has 0 rings (SSSR count). The van der Waals surface area contributed by atoms with Crippen molar-refractivity contribution < 1.29 is 9.59 Å². The number of carbonyl (C=O) groups excluding carboxylic acids is 2. The van der Waals surface area contributed by atoms with Gasteiger partial charge in [-0.3, -0.25) is 0 Å². The van der Waals surface area contributed by atoms with Crippen molar-refractivity contribution in [1.82, 2.24) is 9.80 Å². The summed E-state index contributed by atoms with van der Waals surface area (Å²) in [4.78, 5) is 24.0. The van der Waals surface area contributed by atoms with E-state index in [-0.39, 0.29) is 12.4 Å². The summed E-state index contributed by atoms with van der Waals surface area (Å²) < 4.78 is 0. The molecule has 0 bridgehead atoms. The Balaban J connectivity index is 0. The fourth-order valence-corrected chi connectivity index (χ4v) is 0.264. The summed E-state index contributed by atoms with van der Waals surface area (Å²) in [5.41, 5.74) is 0. The number of azo groups is 1. The number of hydrogen-bond donors (Lipinski definition) is 0. The summed E-state index contributed by atoms with van der Waals surface area (Å²) in [6, 6.07) is -1.10. The molecule has 0 heterocycles. The van der Waals surface area contributed by atoms with Crippen LogP contribution in [0.3, 0.4) is 0 Å². The average Bonchev–Trinajstić information content (AvgIpc) is 1.98. The highest BCUT2D eigenvalue weighted by Gasteiger charge is 2.03. The second kappa shape index (κ2) is 6.36. The van der Waals surface area contributed by atoms with E-state index in [1.807, 2.05) is 0 Å². The zero-order valence-corrected chi connectivity index (χ0v) is 8.83. The van der Waals surface area contributed by atoms with Crippen LogP contribution in [-0.4, -0.2) is 50.1 Å². The van der Waals surface area contributed by atoms with E-state index >= 15 is 0 Å². The summed E-state index contributed by atoms with van der Waals surface area (Å²) in [6.45, 7) is 0. The molecule has 0 atom stereocenters. The number of rotatable bonds is 0. The van der Waals surface area contributed by atoms with Crippen LogP contribution in [0.25, 0.3) is 0 Å². The van der Waals surface area contributed by atoms with Gasteiger partial charge in [0.05, 0.1) is 0 Å². The minimum absolute atomic E-state index is 0. The zero-order chi connectivity index (χ0) is 9.72. The quantitative estimate of drug-likeness (QED) is 0.562. The van der Waals surface area contributed by atoms with E-state index in [0.717, 1.165) is 0 Å². The van der Waals surface area contributed by atoms with Gasteiger partial charge in [-0.25, -0.2) is 9.59 Å². The molecule has 6 nitrogen and oxygen atoms in total. The lowest BCUT2D eigenvalue weighted by atomic mass is 10.8. The summed E-state index contributed by atoms with van der Waals surface area (Å²) >= 11 is 0. The van der Waals surface area contributed by atoms with E-state index in [4.69, 9.17) is 0 Å². The molecule has 13 heavy (non-hydrogen) atoms. The highest BCUT2D eigenvalue weighted by atomic mass is 35.5. The first kappa shape index (κ1) is 14.4. The van der Waals surface area contributed by atoms with Gasteiger partial charge in [0.2, 0.25) is 0 Å². The lowest BCUT2D eigenvalue weighted by Crippen LogP contribution is -2.20. The summed E-state index contributed by atoms with van der Waals surface area (Å²) in [5, 5.41) is 6.33. The normalized spacial score (nSPS) is 9.23. The molecule has 0 aromatic rings. The number of nitrogens with zero attached hydrogens (tertiary/aromatic N) is 4. The van der Waals surface area contributed by atoms with Gasteiger partial charge in [0.25, 0.3) is 0 Å². The van der Waals surface area contributed by atoms with Crippen LogP contribution in [0, 0.1) is 0 Å². The molecular formula is C6H13ClN4O2. The van der Waals surface area contributed by atoms with Gasteiger partial charge >= 0.3 is 12.1 Å². The van der Waals surface area contributed by atoms with Crippen molar-refractivity contribution in [3.63, 3.8) is 0 Å². The molecule has 0 unspecified atom stereocenters. The molecule has 0 aromatic carbocycles. The van der Waals surface area contributed by atoms with Gasteiger partial charge < -0.3 is 9.80 Å². The molecule has 0 fully saturated rings. The van der Waals surface area contributed by atoms with Crippen LogP contribution in [0.15, 0.2) is 10.2 Å². The van der Waals surface area contributed by atoms with Crippen LogP contribution in [0.5, 0.6) is 0 Å². The minimum Gasteiger partial charge on any atom is -0.328 e. The molecule has 4 amide bonds. The maximum atomic E-state index is 10.8. The van der Waals surface area contributed by atoms with Crippen molar-refractivity contribution in [2.75, 3.05) is 28.2 Å². The maximum absolute atomic E-state index is 10.8. The Labute approximate surface area is 83.0 Å². The van der Waals surface area contributed by atoms with E-state index in [1.165, 1.54) is 38.0 Å². The van der Waals surface area contributed by atoms with Crippen molar-refractivity contribution in [2.24, 2.45) is 10.2 Å². The van der Waals surface area contributed by atoms with Gasteiger partial charge in [-0.15, -0.1) is 12.4 Å². The Hall–Kier alpha value is -1.17. The number of amides is 4. The lowest BCUT2D eigenvalue weighted by Gasteiger charge is -2.05. The molecule has 0 saturated carbocycles. The second-order valence-corrected chi connectivity index (χ2v) is 2.55. The molecule has 0 spiro atoms. The highest BCUT2D eigenvalue weighted by Crippen LogP contribution is 1.89. The lowest BCUT2D eigenvalue weighted by molar-refractivity contribution is 0.218. The molecule has 0 saturated heterocycles. The Morgan fingerprint density at radius 2 is 1.08 bits per heavy atom. The van der Waals surface area contributed by atoms with Crippen LogP contribution in [0.2, 0.25) is 0 Å². The van der Waals surface area contributed by atoms with E-state index in [0.29, 0.717) is 0 Å². The van der Waals surface area contributed by atoms with Crippen LogP contribution in [-0.2, 0) is 0 Å². The van der Waals surface area contributed by atoms with E-state index in [1.54, 1.807) is 0 Å². The highest BCUT2D eigenvalue weighted by molar-refractivity contribution is 5.85. The van der Waals surface area contributed by atoms with Crippen LogP contribution < -0.4 is 0 Å². The van der Waals surface area contributed by atoms with E-state index < -0.39 is 12.1 Å². The third kappa shape index (κ3) is 6.03. The van der Waals surface area contributed by atoms with Crippen molar-refractivity contribution >= 4 is 24.5 Å². The largest absolute Gasteiger partial charge is 0.361 e. The predicted octanol–water partition coefficient (Wildman–Crippen LogP) is 1.22. The summed E-state index contributed by atoms with van der Waals surface area (Å²) in [5.74, 6) is 0. The van der Waals surface area contributed by atoms with Gasteiger partial charge in [0, 0.05) is 28.2 Å². The second-order valence-electron chi connectivity index (χ2n) is 2.55. The Morgan fingerprint density at radius 1 is 0.846 bits per heavy atom. The van der Waals surface area contributed by atoms with Crippen molar-refractivity contribution in [3.8, 4) is 0 Å². The summed E-state index contributed by atoms with van der Waals surface area (Å²) in [6.07, 6.45) is 0. The van der Waals surface area contributed by atoms with Crippen molar-refractivity contribution in [2.45, 2.75) is 0 Å². The molecule has 76 valence electrons. The first-order chi connectivity index (χ1) is 5.45. The third-order valence-corrected chi connectivity index (χ3v) is 0.986. The zero-order valence-electron chi connectivity index (χ0n) is 8.01. The monoisotopic (exact) mass is 208 g/mol. The van der Waals surface area contributed by atoms with Gasteiger partial charge in [0.1, 0.15) is 0 Å². The predicted molar refractivity (Wildman–Crippen MR) is 50.3 cm³/mol. The SMILES string of the molecule is CN(C)C(=O)N=NC(=O)N(C)C.Cl.